The maximum absolute atomic E-state index is 12.2. The first kappa shape index (κ1) is 49.1. The molecular weight excluding hydrogens is 987 g/mol. The van der Waals surface area contributed by atoms with Crippen molar-refractivity contribution in [2.45, 2.75) is 43.9 Å². The van der Waals surface area contributed by atoms with Crippen molar-refractivity contribution >= 4 is 108 Å². The van der Waals surface area contributed by atoms with E-state index in [1.165, 1.54) is 16.9 Å². The molecule has 0 aliphatic heterocycles. The highest BCUT2D eigenvalue weighted by molar-refractivity contribution is 7.87. The SMILES string of the molecule is Cc1cc(N=Nc2cc(C)c(N=Nc3ccc4cc(-n5nc6ccc7c(S(=O)(=O)O)cc(S(=O)(=O)O)cc7c6n5)ccc4c3O)cc2C)c(C)cc1N=Nc1ccc2c(OCCCS(=O)(=O)O)cccc2c1. The molecule has 0 saturated heterocycles. The van der Waals surface area contributed by atoms with E-state index in [-0.39, 0.29) is 52.0 Å². The number of fused-ring (bicyclic) bond motifs is 5. The van der Waals surface area contributed by atoms with Crippen LogP contribution in [0.15, 0.2) is 156 Å². The number of hydrogen-bond donors (Lipinski definition) is 4. The third kappa shape index (κ3) is 10.4. The van der Waals surface area contributed by atoms with Gasteiger partial charge in [-0.15, -0.1) is 15.3 Å². The Labute approximate surface area is 411 Å². The Morgan fingerprint density at radius 1 is 0.542 bits per heavy atom. The average molecular weight is 1030 g/mol. The summed E-state index contributed by atoms with van der Waals surface area (Å²) in [5.41, 5.74) is 7.31. The number of nitrogens with zero attached hydrogens (tertiary/aromatic N) is 9. The van der Waals surface area contributed by atoms with Gasteiger partial charge >= 0.3 is 0 Å². The second-order valence-corrected chi connectivity index (χ2v) is 21.2. The van der Waals surface area contributed by atoms with Gasteiger partial charge < -0.3 is 9.84 Å². The maximum Gasteiger partial charge on any atom is 0.295 e. The number of aryl methyl sites for hydroxylation is 4. The predicted octanol–water partition coefficient (Wildman–Crippen LogP) is 12.2. The zero-order chi connectivity index (χ0) is 51.3. The van der Waals surface area contributed by atoms with Crippen molar-refractivity contribution in [2.75, 3.05) is 12.4 Å². The van der Waals surface area contributed by atoms with E-state index in [1.54, 1.807) is 36.4 Å². The number of phenols is 1. The van der Waals surface area contributed by atoms with Crippen LogP contribution < -0.4 is 4.74 Å². The monoisotopic (exact) mass is 1030 g/mol. The zero-order valence-electron chi connectivity index (χ0n) is 38.5. The smallest absolute Gasteiger partial charge is 0.295 e. The van der Waals surface area contributed by atoms with Gasteiger partial charge in [-0.3, -0.25) is 13.7 Å². The molecule has 0 fully saturated rings. The molecule has 1 aromatic heterocycles. The average Bonchev–Trinajstić information content (AvgIpc) is 3.77. The Morgan fingerprint density at radius 2 is 1.12 bits per heavy atom. The molecule has 0 aliphatic carbocycles. The standard InChI is InChI=1S/C49H41N9O11S3/c1-27-20-44(28(2)19-42(27)52-50-33-10-12-36-31(23-33)7-5-8-46(36)69-17-6-18-70(60,61)62)54-55-45-22-29(3)43(21-30(45)4)53-51-41-15-9-32-24-34(11-13-37(32)49(41)59)58-56-40-16-14-38-39(48(40)57-58)25-35(71(63,64)65)26-47(38)72(66,67)68/h5,7-16,19-26,59H,6,17-18H2,1-4H3,(H,60,61,62)(H,63,64,65)(H,66,67,68). The van der Waals surface area contributed by atoms with Gasteiger partial charge in [-0.05, 0) is 158 Å². The number of aromatic hydroxyl groups is 1. The molecule has 1 heterocycles. The van der Waals surface area contributed by atoms with Crippen LogP contribution in [0.1, 0.15) is 28.7 Å². The fourth-order valence-corrected chi connectivity index (χ4v) is 9.73. The molecule has 23 heteroatoms. The minimum absolute atomic E-state index is 0.00947. The van der Waals surface area contributed by atoms with E-state index >= 15 is 0 Å². The van der Waals surface area contributed by atoms with Crippen LogP contribution in [-0.4, -0.2) is 71.4 Å². The molecule has 9 rings (SSSR count). The van der Waals surface area contributed by atoms with Crippen molar-refractivity contribution in [3.63, 3.8) is 0 Å². The van der Waals surface area contributed by atoms with Crippen molar-refractivity contribution in [2.24, 2.45) is 30.7 Å². The number of benzene rings is 8. The van der Waals surface area contributed by atoms with Gasteiger partial charge in [-0.1, -0.05) is 24.3 Å². The number of hydrogen-bond acceptors (Lipinski definition) is 16. The first-order valence-corrected chi connectivity index (χ1v) is 26.2. The summed E-state index contributed by atoms with van der Waals surface area (Å²) in [6, 6.07) is 31.3. The molecule has 0 spiro atoms. The summed E-state index contributed by atoms with van der Waals surface area (Å²) in [7, 11) is -13.8. The first-order valence-electron chi connectivity index (χ1n) is 21.7. The lowest BCUT2D eigenvalue weighted by molar-refractivity contribution is 0.319. The number of aromatic nitrogens is 3. The van der Waals surface area contributed by atoms with E-state index in [2.05, 4.69) is 40.9 Å². The van der Waals surface area contributed by atoms with Crippen LogP contribution in [0, 0.1) is 27.7 Å². The van der Waals surface area contributed by atoms with E-state index in [9.17, 15) is 39.5 Å². The lowest BCUT2D eigenvalue weighted by atomic mass is 10.1. The van der Waals surface area contributed by atoms with Gasteiger partial charge in [-0.25, -0.2) is 0 Å². The Hall–Kier alpha value is -7.93. The Morgan fingerprint density at radius 3 is 1.74 bits per heavy atom. The van der Waals surface area contributed by atoms with E-state index in [1.807, 2.05) is 82.3 Å². The molecule has 0 radical (unpaired) electrons. The molecule has 0 saturated carbocycles. The molecule has 366 valence electrons. The van der Waals surface area contributed by atoms with Crippen LogP contribution >= 0.6 is 0 Å². The van der Waals surface area contributed by atoms with Crippen molar-refractivity contribution < 1.29 is 48.8 Å². The summed E-state index contributed by atoms with van der Waals surface area (Å²) in [6.07, 6.45) is 0.153. The third-order valence-corrected chi connectivity index (χ3v) is 14.2. The van der Waals surface area contributed by atoms with Gasteiger partial charge in [0, 0.05) is 21.5 Å². The number of azo groups is 3. The van der Waals surface area contributed by atoms with Gasteiger partial charge in [-0.2, -0.15) is 55.6 Å². The predicted molar refractivity (Wildman–Crippen MR) is 270 cm³/mol. The van der Waals surface area contributed by atoms with Gasteiger partial charge in [0.2, 0.25) is 0 Å². The Balaban J connectivity index is 0.893. The highest BCUT2D eigenvalue weighted by atomic mass is 32.2. The lowest BCUT2D eigenvalue weighted by Crippen LogP contribution is -2.08. The van der Waals surface area contributed by atoms with Crippen LogP contribution in [-0.2, 0) is 30.4 Å². The summed E-state index contributed by atoms with van der Waals surface area (Å²) in [6.45, 7) is 7.68. The molecule has 0 unspecified atom stereocenters. The molecule has 20 nitrogen and oxygen atoms in total. The topological polar surface area (TPSA) is 297 Å². The minimum Gasteiger partial charge on any atom is -0.505 e. The molecule has 72 heavy (non-hydrogen) atoms. The van der Waals surface area contributed by atoms with Crippen LogP contribution in [0.3, 0.4) is 0 Å². The summed E-state index contributed by atoms with van der Waals surface area (Å²) < 4.78 is 105. The van der Waals surface area contributed by atoms with Gasteiger partial charge in [0.25, 0.3) is 30.4 Å². The van der Waals surface area contributed by atoms with Gasteiger partial charge in [0.1, 0.15) is 27.4 Å². The summed E-state index contributed by atoms with van der Waals surface area (Å²) in [5, 5.41) is 49.8. The second kappa shape index (κ2) is 19.0. The van der Waals surface area contributed by atoms with E-state index in [0.717, 1.165) is 39.1 Å². The van der Waals surface area contributed by atoms with Gasteiger partial charge in [0.05, 0.1) is 51.4 Å². The molecule has 4 N–H and O–H groups in total. The van der Waals surface area contributed by atoms with Crippen molar-refractivity contribution in [3.05, 3.63) is 138 Å². The lowest BCUT2D eigenvalue weighted by Gasteiger charge is -2.09. The zero-order valence-corrected chi connectivity index (χ0v) is 40.9. The molecule has 8 aromatic carbocycles. The highest BCUT2D eigenvalue weighted by Gasteiger charge is 2.23. The third-order valence-electron chi connectivity index (χ3n) is 11.6. The molecule has 9 aromatic rings. The summed E-state index contributed by atoms with van der Waals surface area (Å²) in [5.74, 6) is 0.0732. The normalized spacial score (nSPS) is 12.8. The van der Waals surface area contributed by atoms with E-state index < -0.39 is 40.1 Å². The van der Waals surface area contributed by atoms with Crippen molar-refractivity contribution in [1.29, 1.82) is 0 Å². The molecule has 0 bridgehead atoms. The molecule has 0 amide bonds. The quantitative estimate of drug-likeness (QED) is 0.0448. The summed E-state index contributed by atoms with van der Waals surface area (Å²) in [4.78, 5) is -0.230. The van der Waals surface area contributed by atoms with E-state index in [4.69, 9.17) is 9.29 Å². The second-order valence-electron chi connectivity index (χ2n) is 16.8. The van der Waals surface area contributed by atoms with E-state index in [0.29, 0.717) is 56.7 Å². The van der Waals surface area contributed by atoms with Gasteiger partial charge in [0.15, 0.2) is 5.75 Å². The fourth-order valence-electron chi connectivity index (χ4n) is 7.91. The number of rotatable bonds is 14. The maximum atomic E-state index is 12.2. The number of phenolic OH excluding ortho intramolecular Hbond substituents is 1. The van der Waals surface area contributed by atoms with Crippen molar-refractivity contribution in [3.8, 4) is 17.2 Å². The molecule has 0 aliphatic rings. The Kier molecular flexibility index (Phi) is 13.0. The van der Waals surface area contributed by atoms with Crippen LogP contribution in [0.5, 0.6) is 11.5 Å². The molecule has 0 atom stereocenters. The molecular formula is C49H41N9O11S3. The highest BCUT2D eigenvalue weighted by Crippen LogP contribution is 2.39. The van der Waals surface area contributed by atoms with Crippen LogP contribution in [0.25, 0.3) is 49.0 Å². The van der Waals surface area contributed by atoms with Crippen LogP contribution in [0.2, 0.25) is 0 Å². The first-order chi connectivity index (χ1) is 34.1. The Bertz CT molecular complexity index is 4160. The summed E-state index contributed by atoms with van der Waals surface area (Å²) >= 11 is 0. The fraction of sp³-hybridized carbons (Fsp3) is 0.143. The minimum atomic E-state index is -4.90. The van der Waals surface area contributed by atoms with Crippen LogP contribution in [0.4, 0.5) is 34.1 Å². The van der Waals surface area contributed by atoms with Crippen molar-refractivity contribution in [1.82, 2.24) is 15.0 Å². The largest absolute Gasteiger partial charge is 0.505 e. The number of ether oxygens (including phenoxy) is 1.